The number of amides is 2. The Balaban J connectivity index is 1.62. The Labute approximate surface area is 156 Å². The first kappa shape index (κ1) is 17.3. The van der Waals surface area contributed by atoms with Gasteiger partial charge in [0.25, 0.3) is 11.6 Å². The van der Waals surface area contributed by atoms with Crippen LogP contribution in [0.4, 0.5) is 11.4 Å². The van der Waals surface area contributed by atoms with Gasteiger partial charge in [-0.2, -0.15) is 0 Å². The third kappa shape index (κ3) is 2.58. The van der Waals surface area contributed by atoms with Crippen molar-refractivity contribution in [2.24, 2.45) is 11.1 Å². The summed E-state index contributed by atoms with van der Waals surface area (Å²) in [5.74, 6) is -3.24. The van der Waals surface area contributed by atoms with Crippen molar-refractivity contribution in [2.45, 2.75) is 6.10 Å². The lowest BCUT2D eigenvalue weighted by atomic mass is 9.93. The molecule has 1 fully saturated rings. The lowest BCUT2D eigenvalue weighted by Crippen LogP contribution is -2.34. The highest BCUT2D eigenvalue weighted by Gasteiger charge is 2.57. The summed E-state index contributed by atoms with van der Waals surface area (Å²) in [6.45, 7) is 0. The van der Waals surface area contributed by atoms with Gasteiger partial charge in [-0.3, -0.25) is 24.5 Å². The van der Waals surface area contributed by atoms with Gasteiger partial charge in [0.2, 0.25) is 17.8 Å². The van der Waals surface area contributed by atoms with Gasteiger partial charge in [0, 0.05) is 17.7 Å². The summed E-state index contributed by atoms with van der Waals surface area (Å²) in [5, 5.41) is 23.7. The molecule has 2 atom stereocenters. The molecule has 4 rings (SSSR count). The van der Waals surface area contributed by atoms with Crippen molar-refractivity contribution in [1.29, 1.82) is 0 Å². The van der Waals surface area contributed by atoms with E-state index in [4.69, 9.17) is 4.84 Å². The van der Waals surface area contributed by atoms with Gasteiger partial charge >= 0.3 is 0 Å². The maximum atomic E-state index is 12.8. The number of benzene rings is 2. The number of non-ortho nitro benzene ring substituents is 1. The van der Waals surface area contributed by atoms with Gasteiger partial charge in [-0.05, 0) is 36.4 Å². The SMILES string of the molecule is O=C(C1=NO[C@H]2C(=O)N(c3ccc(O)cc3)C(=O)[C@@H]12)c1ccc([N+](=O)[O-])cc1. The largest absolute Gasteiger partial charge is 0.508 e. The van der Waals surface area contributed by atoms with Crippen molar-refractivity contribution in [3.05, 3.63) is 64.2 Å². The molecule has 1 saturated heterocycles. The van der Waals surface area contributed by atoms with Gasteiger partial charge in [0.05, 0.1) is 10.6 Å². The highest BCUT2D eigenvalue weighted by Crippen LogP contribution is 2.34. The van der Waals surface area contributed by atoms with Crippen LogP contribution in [-0.2, 0) is 14.4 Å². The number of ketones is 1. The van der Waals surface area contributed by atoms with E-state index in [1.54, 1.807) is 0 Å². The van der Waals surface area contributed by atoms with Gasteiger partial charge < -0.3 is 9.94 Å². The molecule has 0 spiro atoms. The number of nitro groups is 1. The van der Waals surface area contributed by atoms with Crippen LogP contribution in [0.2, 0.25) is 0 Å². The van der Waals surface area contributed by atoms with Crippen LogP contribution < -0.4 is 4.90 Å². The van der Waals surface area contributed by atoms with Crippen LogP contribution in [-0.4, -0.2) is 39.4 Å². The van der Waals surface area contributed by atoms with Gasteiger partial charge in [-0.15, -0.1) is 0 Å². The summed E-state index contributed by atoms with van der Waals surface area (Å²) in [6.07, 6.45) is -1.25. The summed E-state index contributed by atoms with van der Waals surface area (Å²) >= 11 is 0. The summed E-state index contributed by atoms with van der Waals surface area (Å²) < 4.78 is 0. The topological polar surface area (TPSA) is 139 Å². The van der Waals surface area contributed by atoms with Crippen LogP contribution in [0.25, 0.3) is 0 Å². The van der Waals surface area contributed by atoms with E-state index in [0.717, 1.165) is 17.0 Å². The highest BCUT2D eigenvalue weighted by molar-refractivity contribution is 6.52. The molecule has 0 aliphatic carbocycles. The number of imide groups is 1. The molecule has 0 radical (unpaired) electrons. The predicted octanol–water partition coefficient (Wildman–Crippen LogP) is 1.43. The second kappa shape index (κ2) is 6.27. The molecule has 0 unspecified atom stereocenters. The fourth-order valence-corrected chi connectivity index (χ4v) is 3.10. The fourth-order valence-electron chi connectivity index (χ4n) is 3.10. The lowest BCUT2D eigenvalue weighted by Gasteiger charge is -2.15. The summed E-state index contributed by atoms with van der Waals surface area (Å²) in [4.78, 5) is 54.2. The monoisotopic (exact) mass is 381 g/mol. The Hall–Kier alpha value is -4.08. The molecule has 140 valence electrons. The zero-order valence-electron chi connectivity index (χ0n) is 14.0. The predicted molar refractivity (Wildman–Crippen MR) is 93.8 cm³/mol. The molecule has 2 aromatic rings. The lowest BCUT2D eigenvalue weighted by molar-refractivity contribution is -0.384. The van der Waals surface area contributed by atoms with Gasteiger partial charge in [-0.25, -0.2) is 4.90 Å². The minimum absolute atomic E-state index is 0.0325. The number of phenols is 1. The third-order valence-corrected chi connectivity index (χ3v) is 4.49. The number of nitro benzene ring substituents is 1. The van der Waals surface area contributed by atoms with E-state index in [9.17, 15) is 29.6 Å². The Kier molecular flexibility index (Phi) is 3.88. The molecular weight excluding hydrogens is 370 g/mol. The number of fused-ring (bicyclic) bond motifs is 1. The zero-order chi connectivity index (χ0) is 20.0. The highest BCUT2D eigenvalue weighted by atomic mass is 16.7. The maximum Gasteiger partial charge on any atom is 0.278 e. The third-order valence-electron chi connectivity index (χ3n) is 4.49. The van der Waals surface area contributed by atoms with E-state index in [-0.39, 0.29) is 28.4 Å². The molecule has 0 aromatic heterocycles. The van der Waals surface area contributed by atoms with Crippen LogP contribution in [0, 0.1) is 16.0 Å². The zero-order valence-corrected chi connectivity index (χ0v) is 14.0. The number of aromatic hydroxyl groups is 1. The van der Waals surface area contributed by atoms with E-state index in [1.807, 2.05) is 0 Å². The molecule has 10 heteroatoms. The Morgan fingerprint density at radius 1 is 1.07 bits per heavy atom. The fraction of sp³-hybridized carbons (Fsp3) is 0.111. The van der Waals surface area contributed by atoms with Crippen molar-refractivity contribution < 1.29 is 29.3 Å². The molecule has 2 aromatic carbocycles. The molecule has 2 aliphatic heterocycles. The van der Waals surface area contributed by atoms with E-state index in [1.165, 1.54) is 36.4 Å². The van der Waals surface area contributed by atoms with Crippen LogP contribution in [0.3, 0.4) is 0 Å². The molecule has 1 N–H and O–H groups in total. The van der Waals surface area contributed by atoms with Crippen LogP contribution >= 0.6 is 0 Å². The smallest absolute Gasteiger partial charge is 0.278 e. The summed E-state index contributed by atoms with van der Waals surface area (Å²) in [6, 6.07) is 10.2. The first-order chi connectivity index (χ1) is 13.4. The maximum absolute atomic E-state index is 12.8. The van der Waals surface area contributed by atoms with Gasteiger partial charge in [-0.1, -0.05) is 5.16 Å². The van der Waals surface area contributed by atoms with Crippen LogP contribution in [0.5, 0.6) is 5.75 Å². The molecular formula is C18H11N3O7. The number of oxime groups is 1. The van der Waals surface area contributed by atoms with E-state index in [2.05, 4.69) is 5.16 Å². The van der Waals surface area contributed by atoms with Crippen molar-refractivity contribution in [3.8, 4) is 5.75 Å². The molecule has 2 amide bonds. The second-order valence-electron chi connectivity index (χ2n) is 6.14. The minimum atomic E-state index is -1.25. The van der Waals surface area contributed by atoms with E-state index >= 15 is 0 Å². The second-order valence-corrected chi connectivity index (χ2v) is 6.14. The number of nitrogens with zero attached hydrogens (tertiary/aromatic N) is 3. The quantitative estimate of drug-likeness (QED) is 0.366. The van der Waals surface area contributed by atoms with Crippen LogP contribution in [0.1, 0.15) is 10.4 Å². The summed E-state index contributed by atoms with van der Waals surface area (Å²) in [7, 11) is 0. The molecule has 2 aliphatic rings. The number of phenolic OH excluding ortho intramolecular Hbond substituents is 1. The number of carbonyl (C=O) groups excluding carboxylic acids is 3. The first-order valence-electron chi connectivity index (χ1n) is 8.08. The molecule has 2 heterocycles. The molecule has 28 heavy (non-hydrogen) atoms. The molecule has 0 saturated carbocycles. The Morgan fingerprint density at radius 3 is 2.32 bits per heavy atom. The Bertz CT molecular complexity index is 1040. The minimum Gasteiger partial charge on any atom is -0.508 e. The van der Waals surface area contributed by atoms with Crippen LogP contribution in [0.15, 0.2) is 53.7 Å². The number of anilines is 1. The van der Waals surface area contributed by atoms with E-state index in [0.29, 0.717) is 0 Å². The van der Waals surface area contributed by atoms with E-state index < -0.39 is 34.5 Å². The van der Waals surface area contributed by atoms with Gasteiger partial charge in [0.15, 0.2) is 0 Å². The number of Topliss-reactive ketones (excluding diaryl/α,β-unsaturated/α-hetero) is 1. The standard InChI is InChI=1S/C18H11N3O7/c22-12-7-5-10(6-8-12)20-17(24)13-14(19-28-16(13)18(20)25)15(23)9-1-3-11(4-2-9)21(26)27/h1-8,13,16,22H/t13-,16+/m0/s1. The van der Waals surface area contributed by atoms with Crippen molar-refractivity contribution >= 4 is 34.7 Å². The average molecular weight is 381 g/mol. The van der Waals surface area contributed by atoms with Crippen molar-refractivity contribution in [2.75, 3.05) is 4.90 Å². The average Bonchev–Trinajstić information content (AvgIpc) is 3.23. The number of hydrogen-bond acceptors (Lipinski definition) is 8. The molecule has 0 bridgehead atoms. The number of hydrogen-bond donors (Lipinski definition) is 1. The molecule has 10 nitrogen and oxygen atoms in total. The van der Waals surface area contributed by atoms with Crippen molar-refractivity contribution in [3.63, 3.8) is 0 Å². The van der Waals surface area contributed by atoms with Crippen molar-refractivity contribution in [1.82, 2.24) is 0 Å². The number of carbonyl (C=O) groups is 3. The van der Waals surface area contributed by atoms with Gasteiger partial charge in [0.1, 0.15) is 17.4 Å². The first-order valence-corrected chi connectivity index (χ1v) is 8.08. The number of rotatable bonds is 4. The normalized spacial score (nSPS) is 20.6. The summed E-state index contributed by atoms with van der Waals surface area (Å²) in [5.41, 5.74) is -0.118. The Morgan fingerprint density at radius 2 is 1.71 bits per heavy atom.